The van der Waals surface area contributed by atoms with Crippen LogP contribution in [0.25, 0.3) is 0 Å². The molecule has 10 nitrogen and oxygen atoms in total. The van der Waals surface area contributed by atoms with Crippen LogP contribution in [0.5, 0.6) is 0 Å². The highest BCUT2D eigenvalue weighted by molar-refractivity contribution is 9.10. The second-order valence-electron chi connectivity index (χ2n) is 6.48. The van der Waals surface area contributed by atoms with Crippen molar-refractivity contribution < 1.29 is 19.3 Å². The van der Waals surface area contributed by atoms with Crippen LogP contribution < -0.4 is 10.2 Å². The number of halogens is 1. The average Bonchev–Trinajstić information content (AvgIpc) is 2.82. The van der Waals surface area contributed by atoms with E-state index < -0.39 is 4.92 Å². The highest BCUT2D eigenvalue weighted by atomic mass is 79.9. The van der Waals surface area contributed by atoms with Gasteiger partial charge in [-0.1, -0.05) is 28.1 Å². The molecule has 2 heterocycles. The number of hydrogen-bond donors (Lipinski definition) is 1. The third-order valence-electron chi connectivity index (χ3n) is 4.28. The van der Waals surface area contributed by atoms with Gasteiger partial charge in [-0.15, -0.1) is 0 Å². The van der Waals surface area contributed by atoms with Crippen LogP contribution in [0.15, 0.2) is 53.0 Å². The molecular weight excluding hydrogens is 472 g/mol. The third-order valence-corrected chi connectivity index (χ3v) is 4.78. The van der Waals surface area contributed by atoms with Gasteiger partial charge < -0.3 is 19.7 Å². The lowest BCUT2D eigenvalue weighted by Gasteiger charge is -2.28. The molecule has 2 aromatic carbocycles. The normalized spacial score (nSPS) is 15.6. The fourth-order valence-electron chi connectivity index (χ4n) is 2.73. The predicted octanol–water partition coefficient (Wildman–Crippen LogP) is 3.39. The topological polar surface area (TPSA) is 120 Å². The van der Waals surface area contributed by atoms with Crippen LogP contribution in [-0.2, 0) is 9.47 Å². The summed E-state index contributed by atoms with van der Waals surface area (Å²) in [6, 6.07) is 13.0. The largest absolute Gasteiger partial charge is 0.379 e. The number of hydrogen-bond acceptors (Lipinski definition) is 8. The smallest absolute Gasteiger partial charge is 0.271 e. The molecule has 2 aliphatic rings. The zero-order valence-corrected chi connectivity index (χ0v) is 18.5. The molecule has 0 aliphatic carbocycles. The summed E-state index contributed by atoms with van der Waals surface area (Å²) < 4.78 is 11.0. The molecule has 0 saturated carbocycles. The number of anilines is 1. The Hall–Kier alpha value is -2.60. The highest BCUT2D eigenvalue weighted by Crippen LogP contribution is 2.21. The number of ether oxygens (including phenoxy) is 2. The van der Waals surface area contributed by atoms with Gasteiger partial charge in [0, 0.05) is 60.6 Å². The molecule has 2 aromatic rings. The quantitative estimate of drug-likeness (QED) is 0.506. The van der Waals surface area contributed by atoms with Crippen LogP contribution in [0.4, 0.5) is 17.1 Å². The molecule has 0 amide bonds. The maximum Gasteiger partial charge on any atom is 0.271 e. The van der Waals surface area contributed by atoms with E-state index in [0.29, 0.717) is 13.2 Å². The molecule has 168 valence electrons. The van der Waals surface area contributed by atoms with Gasteiger partial charge in [0.05, 0.1) is 36.3 Å². The van der Waals surface area contributed by atoms with E-state index in [1.54, 1.807) is 24.3 Å². The molecule has 2 saturated heterocycles. The molecule has 0 radical (unpaired) electrons. The molecule has 0 atom stereocenters. The van der Waals surface area contributed by atoms with Crippen LogP contribution in [0.1, 0.15) is 0 Å². The standard InChI is InChI=1S/C10H12N2O3.C6H4BrNO2.C4H9NO/c13-12(14)10-3-1-2-9(8-10)11-4-6-15-7-5-11;7-5-2-1-3-6(4-5)8(9)10;1-3-6-4-2-5-1/h1-3,8H,4-7H2;1-4H;5H,1-4H2. The minimum atomic E-state index is -0.426. The SMILES string of the molecule is C1COCCN1.O=[N+]([O-])c1cccc(Br)c1.O=[N+]([O-])c1cccc(N2CCOCC2)c1. The Morgan fingerprint density at radius 2 is 1.39 bits per heavy atom. The molecule has 0 aromatic heterocycles. The fraction of sp³-hybridized carbons (Fsp3) is 0.400. The van der Waals surface area contributed by atoms with Gasteiger partial charge in [-0.2, -0.15) is 0 Å². The van der Waals surface area contributed by atoms with Crippen molar-refractivity contribution in [2.24, 2.45) is 0 Å². The lowest BCUT2D eigenvalue weighted by molar-refractivity contribution is -0.385. The number of rotatable bonds is 3. The molecule has 0 bridgehead atoms. The lowest BCUT2D eigenvalue weighted by Crippen LogP contribution is -2.36. The van der Waals surface area contributed by atoms with E-state index in [1.807, 2.05) is 6.07 Å². The Kier molecular flexibility index (Phi) is 10.9. The van der Waals surface area contributed by atoms with Crippen molar-refractivity contribution in [3.8, 4) is 0 Å². The number of benzene rings is 2. The summed E-state index contributed by atoms with van der Waals surface area (Å²) in [5.74, 6) is 0. The first-order valence-electron chi connectivity index (χ1n) is 9.73. The number of nitrogens with one attached hydrogen (secondary N) is 1. The summed E-state index contributed by atoms with van der Waals surface area (Å²) >= 11 is 3.13. The first-order valence-corrected chi connectivity index (χ1v) is 10.5. The lowest BCUT2D eigenvalue weighted by atomic mass is 10.2. The molecule has 4 rings (SSSR count). The van der Waals surface area contributed by atoms with Gasteiger partial charge in [-0.3, -0.25) is 20.2 Å². The van der Waals surface area contributed by atoms with Crippen LogP contribution in [0, 0.1) is 20.2 Å². The van der Waals surface area contributed by atoms with Gasteiger partial charge in [-0.05, 0) is 12.1 Å². The summed E-state index contributed by atoms with van der Waals surface area (Å²) in [5, 5.41) is 23.9. The monoisotopic (exact) mass is 496 g/mol. The zero-order chi connectivity index (χ0) is 22.5. The van der Waals surface area contributed by atoms with E-state index >= 15 is 0 Å². The number of nitro groups is 2. The van der Waals surface area contributed by atoms with E-state index in [1.165, 1.54) is 18.2 Å². The number of nitro benzene ring substituents is 2. The van der Waals surface area contributed by atoms with Crippen molar-refractivity contribution in [3.05, 3.63) is 73.2 Å². The van der Waals surface area contributed by atoms with Gasteiger partial charge in [0.25, 0.3) is 11.4 Å². The number of nitrogens with zero attached hydrogens (tertiary/aromatic N) is 3. The number of morpholine rings is 2. The van der Waals surface area contributed by atoms with Crippen LogP contribution in [0.3, 0.4) is 0 Å². The molecule has 31 heavy (non-hydrogen) atoms. The fourth-order valence-corrected chi connectivity index (χ4v) is 3.12. The Bertz CT molecular complexity index is 832. The maximum absolute atomic E-state index is 10.6. The minimum absolute atomic E-state index is 0.106. The van der Waals surface area contributed by atoms with Crippen LogP contribution in [-0.4, -0.2) is 62.5 Å². The molecular formula is C20H25BrN4O6. The summed E-state index contributed by atoms with van der Waals surface area (Å²) in [5.41, 5.74) is 1.14. The van der Waals surface area contributed by atoms with Gasteiger partial charge in [0.1, 0.15) is 0 Å². The minimum Gasteiger partial charge on any atom is -0.379 e. The van der Waals surface area contributed by atoms with E-state index in [9.17, 15) is 20.2 Å². The molecule has 1 N–H and O–H groups in total. The van der Waals surface area contributed by atoms with Crippen molar-refractivity contribution >= 4 is 33.0 Å². The van der Waals surface area contributed by atoms with Crippen molar-refractivity contribution in [1.82, 2.24) is 5.32 Å². The Balaban J connectivity index is 0.000000183. The Morgan fingerprint density at radius 1 is 0.839 bits per heavy atom. The molecule has 11 heteroatoms. The Labute approximate surface area is 188 Å². The van der Waals surface area contributed by atoms with Crippen LogP contribution in [0.2, 0.25) is 0 Å². The predicted molar refractivity (Wildman–Crippen MR) is 121 cm³/mol. The van der Waals surface area contributed by atoms with Crippen molar-refractivity contribution in [2.75, 3.05) is 57.5 Å². The van der Waals surface area contributed by atoms with Crippen LogP contribution >= 0.6 is 15.9 Å². The zero-order valence-electron chi connectivity index (χ0n) is 16.9. The summed E-state index contributed by atoms with van der Waals surface area (Å²) in [6.07, 6.45) is 0. The Morgan fingerprint density at radius 3 is 1.84 bits per heavy atom. The van der Waals surface area contributed by atoms with Gasteiger partial charge in [0.15, 0.2) is 0 Å². The molecule has 0 spiro atoms. The second kappa shape index (κ2) is 13.7. The van der Waals surface area contributed by atoms with Crippen molar-refractivity contribution in [2.45, 2.75) is 0 Å². The highest BCUT2D eigenvalue weighted by Gasteiger charge is 2.13. The van der Waals surface area contributed by atoms with E-state index in [0.717, 1.165) is 49.6 Å². The molecule has 2 fully saturated rings. The van der Waals surface area contributed by atoms with E-state index in [2.05, 4.69) is 26.1 Å². The average molecular weight is 497 g/mol. The van der Waals surface area contributed by atoms with Gasteiger partial charge >= 0.3 is 0 Å². The third kappa shape index (κ3) is 9.39. The summed E-state index contributed by atoms with van der Waals surface area (Å²) in [4.78, 5) is 22.0. The molecule has 2 aliphatic heterocycles. The number of non-ortho nitro benzene ring substituents is 2. The summed E-state index contributed by atoms with van der Waals surface area (Å²) in [6.45, 7) is 6.79. The summed E-state index contributed by atoms with van der Waals surface area (Å²) in [7, 11) is 0. The molecule has 0 unspecified atom stereocenters. The van der Waals surface area contributed by atoms with E-state index in [-0.39, 0.29) is 16.3 Å². The first kappa shape index (κ1) is 24.7. The van der Waals surface area contributed by atoms with Crippen molar-refractivity contribution in [3.63, 3.8) is 0 Å². The van der Waals surface area contributed by atoms with E-state index in [4.69, 9.17) is 9.47 Å². The van der Waals surface area contributed by atoms with Gasteiger partial charge in [-0.25, -0.2) is 0 Å². The maximum atomic E-state index is 10.6. The van der Waals surface area contributed by atoms with Gasteiger partial charge in [0.2, 0.25) is 0 Å². The first-order chi connectivity index (χ1) is 15.0. The van der Waals surface area contributed by atoms with Crippen molar-refractivity contribution in [1.29, 1.82) is 0 Å². The second-order valence-corrected chi connectivity index (χ2v) is 7.39.